The molecule has 0 heterocycles. The SMILES string of the molecule is CS(=O)(=O)Cc1ccc(C(=O)NCc2ccc(C(=O)[O-])cc2)cc1. The van der Waals surface area contributed by atoms with Crippen molar-refractivity contribution in [3.05, 3.63) is 70.8 Å². The molecule has 0 aliphatic rings. The van der Waals surface area contributed by atoms with Gasteiger partial charge in [-0.25, -0.2) is 8.42 Å². The number of nitrogens with one attached hydrogen (secondary N) is 1. The maximum absolute atomic E-state index is 12.1. The van der Waals surface area contributed by atoms with Crippen molar-refractivity contribution in [2.75, 3.05) is 6.26 Å². The molecule has 1 amide bonds. The van der Waals surface area contributed by atoms with E-state index in [1.54, 1.807) is 36.4 Å². The predicted molar refractivity (Wildman–Crippen MR) is 86.9 cm³/mol. The molecule has 2 aromatic carbocycles. The van der Waals surface area contributed by atoms with E-state index < -0.39 is 15.8 Å². The fraction of sp³-hybridized carbons (Fsp3) is 0.176. The summed E-state index contributed by atoms with van der Waals surface area (Å²) in [6.07, 6.45) is 1.15. The second kappa shape index (κ2) is 7.27. The minimum atomic E-state index is -3.11. The maximum atomic E-state index is 12.1. The molecule has 0 atom stereocenters. The lowest BCUT2D eigenvalue weighted by Crippen LogP contribution is -2.23. The maximum Gasteiger partial charge on any atom is 0.251 e. The van der Waals surface area contributed by atoms with Crippen molar-refractivity contribution in [2.45, 2.75) is 12.3 Å². The van der Waals surface area contributed by atoms with E-state index in [4.69, 9.17) is 0 Å². The van der Waals surface area contributed by atoms with Crippen LogP contribution in [0.1, 0.15) is 31.8 Å². The summed E-state index contributed by atoms with van der Waals surface area (Å²) >= 11 is 0. The standard InChI is InChI=1S/C17H17NO5S/c1-24(22,23)11-13-4-6-14(7-5-13)16(19)18-10-12-2-8-15(9-3-12)17(20)21/h2-9H,10-11H2,1H3,(H,18,19)(H,20,21)/p-1. The molecule has 2 rings (SSSR count). The second-order valence-electron chi connectivity index (χ2n) is 5.43. The van der Waals surface area contributed by atoms with Crippen LogP contribution in [-0.2, 0) is 22.1 Å². The third-order valence-corrected chi connectivity index (χ3v) is 4.15. The molecule has 0 unspecified atom stereocenters. The molecule has 0 aliphatic heterocycles. The number of hydrogen-bond acceptors (Lipinski definition) is 5. The summed E-state index contributed by atoms with van der Waals surface area (Å²) in [7, 11) is -3.11. The van der Waals surface area contributed by atoms with Crippen LogP contribution in [0.2, 0.25) is 0 Å². The van der Waals surface area contributed by atoms with Gasteiger partial charge in [0, 0.05) is 18.4 Å². The van der Waals surface area contributed by atoms with Crippen molar-refractivity contribution in [3.8, 4) is 0 Å². The number of benzene rings is 2. The van der Waals surface area contributed by atoms with Gasteiger partial charge in [-0.2, -0.15) is 0 Å². The topological polar surface area (TPSA) is 103 Å². The van der Waals surface area contributed by atoms with E-state index in [0.29, 0.717) is 11.1 Å². The Morgan fingerprint density at radius 2 is 1.42 bits per heavy atom. The fourth-order valence-corrected chi connectivity index (χ4v) is 2.90. The van der Waals surface area contributed by atoms with Crippen LogP contribution in [0.3, 0.4) is 0 Å². The van der Waals surface area contributed by atoms with Gasteiger partial charge in [0.25, 0.3) is 5.91 Å². The van der Waals surface area contributed by atoms with Gasteiger partial charge in [-0.05, 0) is 28.8 Å². The average Bonchev–Trinajstić information content (AvgIpc) is 2.52. The van der Waals surface area contributed by atoms with Crippen LogP contribution in [-0.4, -0.2) is 26.6 Å². The van der Waals surface area contributed by atoms with E-state index in [9.17, 15) is 23.1 Å². The Labute approximate surface area is 140 Å². The number of aromatic carboxylic acids is 1. The number of sulfone groups is 1. The van der Waals surface area contributed by atoms with Crippen molar-refractivity contribution >= 4 is 21.7 Å². The van der Waals surface area contributed by atoms with Gasteiger partial charge in [-0.15, -0.1) is 0 Å². The second-order valence-corrected chi connectivity index (χ2v) is 7.57. The Morgan fingerprint density at radius 3 is 1.92 bits per heavy atom. The molecule has 0 bridgehead atoms. The minimum absolute atomic E-state index is 0.0698. The van der Waals surface area contributed by atoms with E-state index in [1.165, 1.54) is 12.1 Å². The summed E-state index contributed by atoms with van der Waals surface area (Å²) in [5.74, 6) is -1.62. The Hall–Kier alpha value is -2.67. The Morgan fingerprint density at radius 1 is 0.917 bits per heavy atom. The quantitative estimate of drug-likeness (QED) is 0.821. The smallest absolute Gasteiger partial charge is 0.251 e. The molecular weight excluding hydrogens is 330 g/mol. The highest BCUT2D eigenvalue weighted by molar-refractivity contribution is 7.89. The first-order chi connectivity index (χ1) is 11.2. The summed E-state index contributed by atoms with van der Waals surface area (Å²) in [5, 5.41) is 13.4. The van der Waals surface area contributed by atoms with Gasteiger partial charge in [0.15, 0.2) is 9.84 Å². The minimum Gasteiger partial charge on any atom is -0.545 e. The van der Waals surface area contributed by atoms with E-state index in [-0.39, 0.29) is 23.8 Å². The molecule has 0 fully saturated rings. The van der Waals surface area contributed by atoms with Gasteiger partial charge in [-0.3, -0.25) is 4.79 Å². The molecule has 24 heavy (non-hydrogen) atoms. The van der Waals surface area contributed by atoms with E-state index in [0.717, 1.165) is 11.8 Å². The molecule has 2 aromatic rings. The third-order valence-electron chi connectivity index (χ3n) is 3.29. The molecule has 0 aromatic heterocycles. The number of carboxylic acids is 1. The molecule has 0 aliphatic carbocycles. The van der Waals surface area contributed by atoms with Gasteiger partial charge in [0.1, 0.15) is 0 Å². The molecule has 126 valence electrons. The highest BCUT2D eigenvalue weighted by Crippen LogP contribution is 2.09. The van der Waals surface area contributed by atoms with Crippen LogP contribution >= 0.6 is 0 Å². The molecule has 0 saturated carbocycles. The van der Waals surface area contributed by atoms with Crippen LogP contribution < -0.4 is 10.4 Å². The largest absolute Gasteiger partial charge is 0.545 e. The Kier molecular flexibility index (Phi) is 5.35. The summed E-state index contributed by atoms with van der Waals surface area (Å²) in [4.78, 5) is 22.7. The summed E-state index contributed by atoms with van der Waals surface area (Å²) < 4.78 is 22.4. The average molecular weight is 346 g/mol. The molecule has 0 spiro atoms. The lowest BCUT2D eigenvalue weighted by molar-refractivity contribution is -0.255. The zero-order valence-electron chi connectivity index (χ0n) is 13.0. The number of hydrogen-bond donors (Lipinski definition) is 1. The van der Waals surface area contributed by atoms with Crippen LogP contribution in [0.15, 0.2) is 48.5 Å². The highest BCUT2D eigenvalue weighted by atomic mass is 32.2. The van der Waals surface area contributed by atoms with Crippen molar-refractivity contribution in [2.24, 2.45) is 0 Å². The molecule has 1 N–H and O–H groups in total. The lowest BCUT2D eigenvalue weighted by Gasteiger charge is -2.08. The number of carboxylic acid groups (broad SMARTS) is 1. The van der Waals surface area contributed by atoms with Gasteiger partial charge in [-0.1, -0.05) is 36.4 Å². The Balaban J connectivity index is 1.96. The van der Waals surface area contributed by atoms with Crippen LogP contribution in [0, 0.1) is 0 Å². The number of carbonyl (C=O) groups excluding carboxylic acids is 2. The number of carbonyl (C=O) groups is 2. The van der Waals surface area contributed by atoms with E-state index >= 15 is 0 Å². The third kappa shape index (κ3) is 5.20. The van der Waals surface area contributed by atoms with Crippen LogP contribution in [0.5, 0.6) is 0 Å². The van der Waals surface area contributed by atoms with Crippen molar-refractivity contribution in [1.29, 1.82) is 0 Å². The van der Waals surface area contributed by atoms with Gasteiger partial charge < -0.3 is 15.2 Å². The lowest BCUT2D eigenvalue weighted by atomic mass is 10.1. The predicted octanol–water partition coefficient (Wildman–Crippen LogP) is 0.525. The first kappa shape index (κ1) is 17.7. The first-order valence-corrected chi connectivity index (χ1v) is 9.16. The fourth-order valence-electron chi connectivity index (χ4n) is 2.10. The molecular formula is C17H16NO5S-. The zero-order valence-corrected chi connectivity index (χ0v) is 13.8. The van der Waals surface area contributed by atoms with Gasteiger partial charge in [0.2, 0.25) is 0 Å². The first-order valence-electron chi connectivity index (χ1n) is 7.10. The molecule has 7 heteroatoms. The Bertz CT molecular complexity index is 840. The highest BCUT2D eigenvalue weighted by Gasteiger charge is 2.08. The monoisotopic (exact) mass is 346 g/mol. The number of rotatable bonds is 6. The van der Waals surface area contributed by atoms with Gasteiger partial charge >= 0.3 is 0 Å². The van der Waals surface area contributed by atoms with Crippen molar-refractivity contribution in [1.82, 2.24) is 5.32 Å². The normalized spacial score (nSPS) is 11.0. The molecule has 0 radical (unpaired) electrons. The van der Waals surface area contributed by atoms with Crippen molar-refractivity contribution < 1.29 is 23.1 Å². The van der Waals surface area contributed by atoms with Crippen molar-refractivity contribution in [3.63, 3.8) is 0 Å². The van der Waals surface area contributed by atoms with Crippen LogP contribution in [0.25, 0.3) is 0 Å². The molecule has 6 nitrogen and oxygen atoms in total. The summed E-state index contributed by atoms with van der Waals surface area (Å²) in [6, 6.07) is 12.4. The molecule has 0 saturated heterocycles. The van der Waals surface area contributed by atoms with Gasteiger partial charge in [0.05, 0.1) is 11.7 Å². The summed E-state index contributed by atoms with van der Waals surface area (Å²) in [5.41, 5.74) is 1.86. The van der Waals surface area contributed by atoms with E-state index in [2.05, 4.69) is 5.32 Å². The van der Waals surface area contributed by atoms with E-state index in [1.807, 2.05) is 0 Å². The zero-order chi connectivity index (χ0) is 17.7. The number of amides is 1. The summed E-state index contributed by atoms with van der Waals surface area (Å²) in [6.45, 7) is 0.247. The van der Waals surface area contributed by atoms with Crippen LogP contribution in [0.4, 0.5) is 0 Å².